The van der Waals surface area contributed by atoms with Gasteiger partial charge in [-0.15, -0.1) is 0 Å². The van der Waals surface area contributed by atoms with Crippen LogP contribution < -0.4 is 23.7 Å². The number of ether oxygens (including phenoxy) is 6. The number of aliphatic carboxylic acids is 1. The van der Waals surface area contributed by atoms with Gasteiger partial charge in [-0.2, -0.15) is 0 Å². The van der Waals surface area contributed by atoms with Gasteiger partial charge in [-0.25, -0.2) is 9.59 Å². The molecule has 0 aliphatic carbocycles. The maximum Gasteiger partial charge on any atom is 0.336 e. The fraction of sp³-hybridized carbons (Fsp3) is 0.188. The average molecular weight is 573 g/mol. The maximum atomic E-state index is 12.4. The molecule has 0 spiro atoms. The second kappa shape index (κ2) is 12.4. The summed E-state index contributed by atoms with van der Waals surface area (Å²) in [5.74, 6) is 0.583. The van der Waals surface area contributed by atoms with Crippen molar-refractivity contribution in [3.05, 3.63) is 106 Å². The molecular weight excluding hydrogens is 544 g/mol. The molecule has 0 aromatic heterocycles. The number of rotatable bonds is 11. The van der Waals surface area contributed by atoms with Crippen LogP contribution in [0.2, 0.25) is 0 Å². The van der Waals surface area contributed by atoms with Crippen LogP contribution in [-0.2, 0) is 22.6 Å². The first-order valence-electron chi connectivity index (χ1n) is 12.9. The Bertz CT molecular complexity index is 1620. The van der Waals surface area contributed by atoms with Crippen LogP contribution >= 0.6 is 0 Å². The lowest BCUT2D eigenvalue weighted by Gasteiger charge is -2.20. The van der Waals surface area contributed by atoms with Gasteiger partial charge in [0.2, 0.25) is 6.79 Å². The molecule has 0 atom stereocenters. The zero-order valence-electron chi connectivity index (χ0n) is 22.9. The predicted molar refractivity (Wildman–Crippen MR) is 151 cm³/mol. The molecule has 0 bridgehead atoms. The second-order valence-electron chi connectivity index (χ2n) is 9.27. The Morgan fingerprint density at radius 1 is 0.905 bits per heavy atom. The molecule has 0 amide bonds. The van der Waals surface area contributed by atoms with Gasteiger partial charge in [0.05, 0.1) is 19.8 Å². The summed E-state index contributed by atoms with van der Waals surface area (Å²) in [5, 5.41) is 19.7. The van der Waals surface area contributed by atoms with Crippen LogP contribution in [0.3, 0.4) is 0 Å². The van der Waals surface area contributed by atoms with Crippen LogP contribution in [0, 0.1) is 0 Å². The number of carboxylic acids is 2. The van der Waals surface area contributed by atoms with Crippen LogP contribution in [0.4, 0.5) is 0 Å². The van der Waals surface area contributed by atoms with Crippen LogP contribution in [-0.4, -0.2) is 49.8 Å². The largest absolute Gasteiger partial charge is 0.497 e. The SMILES string of the molecule is COc1ccc(C2=C(/C=C(\Cc3cc4c(cc3OC)OCO4)C(=O)O)OCC=C2)c(OCc2ccccc2C(=O)O)c1. The third-order valence-corrected chi connectivity index (χ3v) is 6.73. The number of aromatic carboxylic acids is 1. The molecule has 10 heteroatoms. The second-order valence-corrected chi connectivity index (χ2v) is 9.27. The molecular formula is C32H28O10. The summed E-state index contributed by atoms with van der Waals surface area (Å²) < 4.78 is 33.8. The lowest BCUT2D eigenvalue weighted by atomic mass is 9.98. The van der Waals surface area contributed by atoms with Crippen molar-refractivity contribution in [2.45, 2.75) is 13.0 Å². The zero-order valence-corrected chi connectivity index (χ0v) is 22.9. The number of allylic oxidation sites excluding steroid dienone is 3. The lowest BCUT2D eigenvalue weighted by Crippen LogP contribution is -2.09. The van der Waals surface area contributed by atoms with Gasteiger partial charge in [0.25, 0.3) is 0 Å². The molecule has 2 aliphatic heterocycles. The van der Waals surface area contributed by atoms with Gasteiger partial charge in [-0.3, -0.25) is 0 Å². The Kier molecular flexibility index (Phi) is 8.33. The maximum absolute atomic E-state index is 12.4. The Morgan fingerprint density at radius 3 is 2.43 bits per heavy atom. The standard InChI is InChI=1S/C32H28O10/c1-37-22-9-10-25(28(15-22)40-17-19-6-3-4-7-23(19)32(35)36)24-8-5-11-39-27(24)14-21(31(33)34)12-20-13-29-30(42-18-41-29)16-26(20)38-2/h3-10,13-16H,11-12,17-18H2,1-2H3,(H,33,34)(H,35,36)/b21-14+. The smallest absolute Gasteiger partial charge is 0.336 e. The van der Waals surface area contributed by atoms with E-state index in [-0.39, 0.29) is 37.6 Å². The number of benzene rings is 3. The van der Waals surface area contributed by atoms with Crippen LogP contribution in [0.1, 0.15) is 27.0 Å². The van der Waals surface area contributed by atoms with Gasteiger partial charge >= 0.3 is 11.9 Å². The van der Waals surface area contributed by atoms with E-state index in [4.69, 9.17) is 28.4 Å². The summed E-state index contributed by atoms with van der Waals surface area (Å²) in [5.41, 5.74) is 2.48. The molecule has 2 heterocycles. The zero-order chi connectivity index (χ0) is 29.6. The van der Waals surface area contributed by atoms with Gasteiger partial charge in [0, 0.05) is 46.4 Å². The number of hydrogen-bond donors (Lipinski definition) is 2. The molecule has 3 aromatic rings. The highest BCUT2D eigenvalue weighted by Crippen LogP contribution is 2.40. The molecule has 42 heavy (non-hydrogen) atoms. The van der Waals surface area contributed by atoms with Gasteiger partial charge in [0.1, 0.15) is 36.2 Å². The van der Waals surface area contributed by atoms with E-state index >= 15 is 0 Å². The Hall–Kier alpha value is -5.38. The lowest BCUT2D eigenvalue weighted by molar-refractivity contribution is -0.132. The van der Waals surface area contributed by atoms with E-state index < -0.39 is 11.9 Å². The number of fused-ring (bicyclic) bond motifs is 1. The first-order valence-corrected chi connectivity index (χ1v) is 12.9. The van der Waals surface area contributed by atoms with Crippen molar-refractivity contribution in [1.82, 2.24) is 0 Å². The van der Waals surface area contributed by atoms with Crippen molar-refractivity contribution in [2.24, 2.45) is 0 Å². The number of carboxylic acid groups (broad SMARTS) is 2. The van der Waals surface area contributed by atoms with Crippen molar-refractivity contribution in [1.29, 1.82) is 0 Å². The van der Waals surface area contributed by atoms with Crippen LogP contribution in [0.25, 0.3) is 5.57 Å². The van der Waals surface area contributed by atoms with E-state index in [1.807, 2.05) is 12.2 Å². The molecule has 0 radical (unpaired) electrons. The van der Waals surface area contributed by atoms with Crippen molar-refractivity contribution >= 4 is 17.5 Å². The summed E-state index contributed by atoms with van der Waals surface area (Å²) >= 11 is 0. The van der Waals surface area contributed by atoms with E-state index in [2.05, 4.69) is 0 Å². The highest BCUT2D eigenvalue weighted by Gasteiger charge is 2.22. The molecule has 0 saturated heterocycles. The molecule has 2 aliphatic rings. The Labute approximate surface area is 241 Å². The van der Waals surface area contributed by atoms with Crippen molar-refractivity contribution in [2.75, 3.05) is 27.6 Å². The van der Waals surface area contributed by atoms with E-state index in [9.17, 15) is 19.8 Å². The number of carbonyl (C=O) groups is 2. The number of hydrogen-bond acceptors (Lipinski definition) is 8. The predicted octanol–water partition coefficient (Wildman–Crippen LogP) is 5.26. The van der Waals surface area contributed by atoms with E-state index in [0.717, 1.165) is 0 Å². The molecule has 10 nitrogen and oxygen atoms in total. The number of methoxy groups -OCH3 is 2. The Balaban J connectivity index is 1.53. The van der Waals surface area contributed by atoms with Gasteiger partial charge in [-0.1, -0.05) is 24.3 Å². The summed E-state index contributed by atoms with van der Waals surface area (Å²) in [6, 6.07) is 15.2. The van der Waals surface area contributed by atoms with Crippen molar-refractivity contribution < 1.29 is 48.2 Å². The molecule has 216 valence electrons. The van der Waals surface area contributed by atoms with Crippen LogP contribution in [0.5, 0.6) is 28.7 Å². The van der Waals surface area contributed by atoms with Gasteiger partial charge in [0.15, 0.2) is 11.5 Å². The van der Waals surface area contributed by atoms with Crippen LogP contribution in [0.15, 0.2) is 84.2 Å². The first kappa shape index (κ1) is 28.2. The molecule has 0 fully saturated rings. The normalized spacial score (nSPS) is 13.9. The molecule has 5 rings (SSSR count). The van der Waals surface area contributed by atoms with E-state index in [0.29, 0.717) is 56.8 Å². The fourth-order valence-corrected chi connectivity index (χ4v) is 4.63. The minimum absolute atomic E-state index is 0.0179. The highest BCUT2D eigenvalue weighted by atomic mass is 16.7. The quantitative estimate of drug-likeness (QED) is 0.294. The minimum atomic E-state index is -1.13. The average Bonchev–Trinajstić information content (AvgIpc) is 3.46. The van der Waals surface area contributed by atoms with Crippen molar-refractivity contribution in [3.63, 3.8) is 0 Å². The summed E-state index contributed by atoms with van der Waals surface area (Å²) in [7, 11) is 3.03. The van der Waals surface area contributed by atoms with E-state index in [1.165, 1.54) is 26.4 Å². The topological polar surface area (TPSA) is 130 Å². The van der Waals surface area contributed by atoms with Crippen molar-refractivity contribution in [3.8, 4) is 28.7 Å². The van der Waals surface area contributed by atoms with E-state index in [1.54, 1.807) is 48.5 Å². The molecule has 2 N–H and O–H groups in total. The fourth-order valence-electron chi connectivity index (χ4n) is 4.63. The third kappa shape index (κ3) is 6.02. The minimum Gasteiger partial charge on any atom is -0.497 e. The molecule has 0 unspecified atom stereocenters. The highest BCUT2D eigenvalue weighted by molar-refractivity contribution is 5.90. The Morgan fingerprint density at radius 2 is 1.69 bits per heavy atom. The summed E-state index contributed by atoms with van der Waals surface area (Å²) in [4.78, 5) is 24.1. The van der Waals surface area contributed by atoms with Gasteiger partial charge in [-0.05, 0) is 36.4 Å². The molecule has 0 saturated carbocycles. The summed E-state index contributed by atoms with van der Waals surface area (Å²) in [6.45, 7) is 0.304. The summed E-state index contributed by atoms with van der Waals surface area (Å²) in [6.07, 6.45) is 5.15. The molecule has 3 aromatic carbocycles. The third-order valence-electron chi connectivity index (χ3n) is 6.73. The first-order chi connectivity index (χ1) is 20.4. The van der Waals surface area contributed by atoms with Gasteiger partial charge < -0.3 is 38.6 Å². The monoisotopic (exact) mass is 572 g/mol.